The van der Waals surface area contributed by atoms with E-state index in [1.807, 2.05) is 25.1 Å². The maximum Gasteiger partial charge on any atom is 0.328 e. The van der Waals surface area contributed by atoms with Crippen LogP contribution in [0.25, 0.3) is 0 Å². The first-order valence-electron chi connectivity index (χ1n) is 6.01. The molecule has 21 heavy (non-hydrogen) atoms. The van der Waals surface area contributed by atoms with Gasteiger partial charge in [-0.25, -0.2) is 4.79 Å². The number of hydrogen-bond donors (Lipinski definition) is 3. The zero-order chi connectivity index (χ0) is 15.1. The second kappa shape index (κ2) is 4.64. The van der Waals surface area contributed by atoms with Crippen molar-refractivity contribution in [2.24, 2.45) is 5.73 Å². The fraction of sp³-hybridized carbons (Fsp3) is 0.154. The van der Waals surface area contributed by atoms with Crippen molar-refractivity contribution in [2.75, 3.05) is 0 Å². The third-order valence-electron chi connectivity index (χ3n) is 3.16. The Balaban J connectivity index is 2.33. The Bertz CT molecular complexity index is 912. The Morgan fingerprint density at radius 3 is 2.76 bits per heavy atom. The van der Waals surface area contributed by atoms with Gasteiger partial charge >= 0.3 is 5.69 Å². The third kappa shape index (κ3) is 2.04. The molecule has 0 bridgehead atoms. The van der Waals surface area contributed by atoms with E-state index in [9.17, 15) is 14.9 Å². The first-order valence-corrected chi connectivity index (χ1v) is 6.83. The maximum atomic E-state index is 12.1. The Hall–Kier alpha value is -2.79. The number of nitrogens with zero attached hydrogens (tertiary/aromatic N) is 1. The minimum absolute atomic E-state index is 0.0173. The summed E-state index contributed by atoms with van der Waals surface area (Å²) in [5.74, 6) is -0.767. The number of thiophene rings is 1. The minimum Gasteiger partial charge on any atom is -0.424 e. The van der Waals surface area contributed by atoms with Crippen LogP contribution < -0.4 is 21.7 Å². The molecule has 8 heteroatoms. The standard InChI is InChI=1S/C13H10N4O3S/c1-5-2-3-7(21-5)8-6(4-14)10(15)20-12-9(8)11(18)16-13(19)17-12/h2-3,8H,15H2,1H3,(H2,16,17,18,19). The number of fused-ring (bicyclic) bond motifs is 1. The van der Waals surface area contributed by atoms with Crippen LogP contribution >= 0.6 is 11.3 Å². The van der Waals surface area contributed by atoms with Gasteiger partial charge in [-0.15, -0.1) is 11.3 Å². The fourth-order valence-electron chi connectivity index (χ4n) is 2.28. The highest BCUT2D eigenvalue weighted by molar-refractivity contribution is 7.12. The third-order valence-corrected chi connectivity index (χ3v) is 4.23. The van der Waals surface area contributed by atoms with Gasteiger partial charge in [-0.3, -0.25) is 14.8 Å². The highest BCUT2D eigenvalue weighted by Gasteiger charge is 2.34. The van der Waals surface area contributed by atoms with Crippen molar-refractivity contribution in [2.45, 2.75) is 12.8 Å². The van der Waals surface area contributed by atoms with Gasteiger partial charge in [0.05, 0.1) is 11.5 Å². The molecule has 0 fully saturated rings. The summed E-state index contributed by atoms with van der Waals surface area (Å²) in [6.45, 7) is 1.92. The van der Waals surface area contributed by atoms with E-state index in [1.165, 1.54) is 11.3 Å². The molecule has 1 atom stereocenters. The number of nitriles is 1. The van der Waals surface area contributed by atoms with Crippen LogP contribution in [-0.4, -0.2) is 9.97 Å². The van der Waals surface area contributed by atoms with Crippen LogP contribution in [-0.2, 0) is 0 Å². The summed E-state index contributed by atoms with van der Waals surface area (Å²) in [5.41, 5.74) is 4.80. The molecule has 3 rings (SSSR count). The molecule has 4 N–H and O–H groups in total. The lowest BCUT2D eigenvalue weighted by molar-refractivity contribution is 0.374. The van der Waals surface area contributed by atoms with Crippen molar-refractivity contribution in [3.05, 3.63) is 59.7 Å². The van der Waals surface area contributed by atoms with E-state index in [0.29, 0.717) is 0 Å². The average Bonchev–Trinajstić information content (AvgIpc) is 2.83. The molecular formula is C13H10N4O3S. The van der Waals surface area contributed by atoms with Crippen molar-refractivity contribution in [3.63, 3.8) is 0 Å². The van der Waals surface area contributed by atoms with E-state index in [2.05, 4.69) is 9.97 Å². The van der Waals surface area contributed by atoms with E-state index in [4.69, 9.17) is 10.5 Å². The van der Waals surface area contributed by atoms with Crippen molar-refractivity contribution in [3.8, 4) is 11.9 Å². The summed E-state index contributed by atoms with van der Waals surface area (Å²) >= 11 is 1.45. The molecular weight excluding hydrogens is 292 g/mol. The molecule has 0 radical (unpaired) electrons. The predicted octanol–water partition coefficient (Wildman–Crippen LogP) is 0.651. The first kappa shape index (κ1) is 13.2. The predicted molar refractivity (Wildman–Crippen MR) is 76.0 cm³/mol. The molecule has 0 aromatic carbocycles. The number of aryl methyl sites for hydroxylation is 1. The summed E-state index contributed by atoms with van der Waals surface area (Å²) in [6.07, 6.45) is 0. The molecule has 7 nitrogen and oxygen atoms in total. The van der Waals surface area contributed by atoms with Crippen LogP contribution in [0.15, 0.2) is 33.2 Å². The van der Waals surface area contributed by atoms with E-state index < -0.39 is 17.2 Å². The van der Waals surface area contributed by atoms with Gasteiger partial charge < -0.3 is 10.5 Å². The number of nitrogens with one attached hydrogen (secondary N) is 2. The van der Waals surface area contributed by atoms with Gasteiger partial charge in [0.15, 0.2) is 0 Å². The number of H-pyrrole nitrogens is 2. The average molecular weight is 302 g/mol. The van der Waals surface area contributed by atoms with Crippen molar-refractivity contribution >= 4 is 11.3 Å². The van der Waals surface area contributed by atoms with Crippen LogP contribution in [0.2, 0.25) is 0 Å². The monoisotopic (exact) mass is 302 g/mol. The van der Waals surface area contributed by atoms with Crippen LogP contribution in [0.1, 0.15) is 21.2 Å². The van der Waals surface area contributed by atoms with E-state index in [-0.39, 0.29) is 22.9 Å². The maximum absolute atomic E-state index is 12.1. The van der Waals surface area contributed by atoms with E-state index in [0.717, 1.165) is 9.75 Å². The Labute approximate surface area is 122 Å². The SMILES string of the molecule is Cc1ccc(C2C(C#N)=C(N)Oc3[nH]c(=O)[nH]c(=O)c32)s1. The number of nitrogens with two attached hydrogens (primary N) is 1. The summed E-state index contributed by atoms with van der Waals surface area (Å²) in [4.78, 5) is 29.8. The van der Waals surface area contributed by atoms with Crippen molar-refractivity contribution in [1.29, 1.82) is 5.26 Å². The first-order chi connectivity index (χ1) is 10.0. The lowest BCUT2D eigenvalue weighted by Gasteiger charge is -2.23. The molecule has 0 aliphatic carbocycles. The molecule has 0 amide bonds. The number of aromatic nitrogens is 2. The van der Waals surface area contributed by atoms with Gasteiger partial charge in [0.25, 0.3) is 5.56 Å². The van der Waals surface area contributed by atoms with E-state index >= 15 is 0 Å². The molecule has 0 saturated carbocycles. The molecule has 2 aromatic heterocycles. The number of rotatable bonds is 1. The van der Waals surface area contributed by atoms with Gasteiger partial charge in [-0.2, -0.15) is 5.26 Å². The summed E-state index contributed by atoms with van der Waals surface area (Å²) in [5, 5.41) is 9.32. The van der Waals surface area contributed by atoms with Gasteiger partial charge in [-0.1, -0.05) is 0 Å². The highest BCUT2D eigenvalue weighted by Crippen LogP contribution is 2.40. The summed E-state index contributed by atoms with van der Waals surface area (Å²) in [6, 6.07) is 5.70. The Morgan fingerprint density at radius 2 is 2.14 bits per heavy atom. The smallest absolute Gasteiger partial charge is 0.328 e. The van der Waals surface area contributed by atoms with Gasteiger partial charge in [0, 0.05) is 9.75 Å². The fourth-order valence-corrected chi connectivity index (χ4v) is 3.28. The zero-order valence-corrected chi connectivity index (χ0v) is 11.7. The summed E-state index contributed by atoms with van der Waals surface area (Å²) < 4.78 is 5.22. The molecule has 1 unspecified atom stereocenters. The normalized spacial score (nSPS) is 17.0. The zero-order valence-electron chi connectivity index (χ0n) is 10.9. The largest absolute Gasteiger partial charge is 0.424 e. The van der Waals surface area contributed by atoms with Gasteiger partial charge in [0.1, 0.15) is 11.6 Å². The minimum atomic E-state index is -0.687. The summed E-state index contributed by atoms with van der Waals surface area (Å²) in [7, 11) is 0. The molecule has 1 aliphatic rings. The van der Waals surface area contributed by atoms with Crippen molar-refractivity contribution < 1.29 is 4.74 Å². The van der Waals surface area contributed by atoms with Crippen LogP contribution in [0, 0.1) is 18.3 Å². The quantitative estimate of drug-likeness (QED) is 0.713. The lowest BCUT2D eigenvalue weighted by atomic mass is 9.90. The lowest BCUT2D eigenvalue weighted by Crippen LogP contribution is -2.33. The van der Waals surface area contributed by atoms with Crippen molar-refractivity contribution in [1.82, 2.24) is 9.97 Å². The molecule has 3 heterocycles. The Morgan fingerprint density at radius 1 is 1.38 bits per heavy atom. The molecule has 0 saturated heterocycles. The van der Waals surface area contributed by atoms with Crippen LogP contribution in [0.4, 0.5) is 0 Å². The second-order valence-electron chi connectivity index (χ2n) is 4.52. The number of ether oxygens (including phenoxy) is 1. The molecule has 106 valence electrons. The van der Waals surface area contributed by atoms with Gasteiger partial charge in [0.2, 0.25) is 11.8 Å². The number of aromatic amines is 2. The number of allylic oxidation sites excluding steroid dienone is 1. The topological polar surface area (TPSA) is 125 Å². The van der Waals surface area contributed by atoms with Crippen LogP contribution in [0.5, 0.6) is 5.88 Å². The Kier molecular flexibility index (Phi) is 2.92. The molecule has 0 spiro atoms. The molecule has 1 aliphatic heterocycles. The van der Waals surface area contributed by atoms with Crippen LogP contribution in [0.3, 0.4) is 0 Å². The van der Waals surface area contributed by atoms with E-state index in [1.54, 1.807) is 0 Å². The van der Waals surface area contributed by atoms with Gasteiger partial charge in [-0.05, 0) is 19.1 Å². The molecule has 2 aromatic rings. The highest BCUT2D eigenvalue weighted by atomic mass is 32.1. The second-order valence-corrected chi connectivity index (χ2v) is 5.84. The number of hydrogen-bond acceptors (Lipinski definition) is 6.